The lowest BCUT2D eigenvalue weighted by atomic mass is 10.3. The maximum atomic E-state index is 12.4. The summed E-state index contributed by atoms with van der Waals surface area (Å²) < 4.78 is 32.4. The molecule has 0 aliphatic heterocycles. The van der Waals surface area contributed by atoms with Crippen LogP contribution in [0.1, 0.15) is 6.42 Å². The number of hydrogen-bond donors (Lipinski definition) is 0. The zero-order valence-corrected chi connectivity index (χ0v) is 18.6. The second-order valence-corrected chi connectivity index (χ2v) is 10.0. The molecule has 0 saturated carbocycles. The normalized spacial score (nSPS) is 12.6. The average Bonchev–Trinajstić information content (AvgIpc) is 3.07. The van der Waals surface area contributed by atoms with E-state index in [1.807, 2.05) is 0 Å². The van der Waals surface area contributed by atoms with E-state index in [1.165, 1.54) is 23.5 Å². The van der Waals surface area contributed by atoms with E-state index in [4.69, 9.17) is 27.9 Å². The molecule has 0 radical (unpaired) electrons. The first-order valence-electron chi connectivity index (χ1n) is 8.65. The van der Waals surface area contributed by atoms with E-state index in [-0.39, 0.29) is 17.1 Å². The number of amides is 1. The Morgan fingerprint density at radius 1 is 1.14 bits per heavy atom. The topological polar surface area (TPSA) is 77.7 Å². The average molecular weight is 473 g/mol. The van der Waals surface area contributed by atoms with Crippen molar-refractivity contribution in [2.24, 2.45) is 4.99 Å². The van der Waals surface area contributed by atoms with E-state index in [9.17, 15) is 13.2 Å². The summed E-state index contributed by atoms with van der Waals surface area (Å²) in [5.74, 6) is -0.849. The minimum absolute atomic E-state index is 0.184. The molecule has 154 valence electrons. The molecule has 0 aliphatic rings. The summed E-state index contributed by atoms with van der Waals surface area (Å²) in [4.78, 5) is 17.1. The first kappa shape index (κ1) is 22.0. The third kappa shape index (κ3) is 5.07. The van der Waals surface area contributed by atoms with E-state index in [2.05, 4.69) is 4.99 Å². The van der Waals surface area contributed by atoms with Crippen LogP contribution in [-0.4, -0.2) is 38.4 Å². The zero-order valence-electron chi connectivity index (χ0n) is 15.5. The van der Waals surface area contributed by atoms with E-state index in [0.29, 0.717) is 38.2 Å². The molecule has 1 amide bonds. The number of thiazole rings is 1. The van der Waals surface area contributed by atoms with E-state index >= 15 is 0 Å². The Hall–Kier alpha value is -1.71. The summed E-state index contributed by atoms with van der Waals surface area (Å²) in [6.07, 6.45) is -0.225. The quantitative estimate of drug-likeness (QED) is 0.521. The van der Waals surface area contributed by atoms with Gasteiger partial charge in [0.05, 0.1) is 37.5 Å². The van der Waals surface area contributed by atoms with Gasteiger partial charge in [0.1, 0.15) is 0 Å². The first-order valence-corrected chi connectivity index (χ1v) is 11.9. The van der Waals surface area contributed by atoms with Crippen molar-refractivity contribution in [1.82, 2.24) is 4.57 Å². The molecule has 0 atom stereocenters. The highest BCUT2D eigenvalue weighted by atomic mass is 35.5. The van der Waals surface area contributed by atoms with Gasteiger partial charge < -0.3 is 9.30 Å². The third-order valence-corrected chi connectivity index (χ3v) is 7.73. The Bertz CT molecular complexity index is 1200. The van der Waals surface area contributed by atoms with E-state index in [1.54, 1.807) is 42.0 Å². The molecule has 0 N–H and O–H groups in total. The standard InChI is InChI=1S/C19H18Cl2N2O4S2/c1-27-11-10-23-17-14(20)7-8-15(21)18(17)28-19(23)22-16(24)9-12-29(25,26)13-5-3-2-4-6-13/h2-8H,9-12H2,1H3. The number of rotatable bonds is 7. The second-order valence-electron chi connectivity index (χ2n) is 6.12. The highest BCUT2D eigenvalue weighted by Crippen LogP contribution is 2.31. The molecule has 0 bridgehead atoms. The van der Waals surface area contributed by atoms with Crippen LogP contribution >= 0.6 is 34.5 Å². The van der Waals surface area contributed by atoms with Gasteiger partial charge in [0.15, 0.2) is 14.6 Å². The molecule has 1 aromatic heterocycles. The SMILES string of the molecule is COCCn1c(=NC(=O)CCS(=O)(=O)c2ccccc2)sc2c(Cl)ccc(Cl)c21. The van der Waals surface area contributed by atoms with Crippen LogP contribution in [0.15, 0.2) is 52.4 Å². The van der Waals surface area contributed by atoms with Crippen LogP contribution in [0.3, 0.4) is 0 Å². The second kappa shape index (κ2) is 9.40. The molecular formula is C19H18Cl2N2O4S2. The third-order valence-electron chi connectivity index (χ3n) is 4.15. The van der Waals surface area contributed by atoms with Gasteiger partial charge in [-0.2, -0.15) is 4.99 Å². The molecule has 3 aromatic rings. The van der Waals surface area contributed by atoms with Gasteiger partial charge in [-0.15, -0.1) is 0 Å². The van der Waals surface area contributed by atoms with E-state index < -0.39 is 15.7 Å². The molecule has 2 aromatic carbocycles. The summed E-state index contributed by atoms with van der Waals surface area (Å²) in [5, 5.41) is 0.985. The van der Waals surface area contributed by atoms with Gasteiger partial charge in [0, 0.05) is 20.1 Å². The van der Waals surface area contributed by atoms with Crippen molar-refractivity contribution in [1.29, 1.82) is 0 Å². The van der Waals surface area contributed by atoms with Crippen molar-refractivity contribution in [3.63, 3.8) is 0 Å². The number of fused-ring (bicyclic) bond motifs is 1. The Labute approximate surface area is 182 Å². The smallest absolute Gasteiger partial charge is 0.249 e. The number of carbonyl (C=O) groups is 1. The van der Waals surface area contributed by atoms with Crippen LogP contribution in [0, 0.1) is 0 Å². The maximum absolute atomic E-state index is 12.4. The van der Waals surface area contributed by atoms with Crippen molar-refractivity contribution < 1.29 is 17.9 Å². The lowest BCUT2D eigenvalue weighted by molar-refractivity contribution is -0.117. The number of hydrogen-bond acceptors (Lipinski definition) is 5. The Balaban J connectivity index is 1.92. The fraction of sp³-hybridized carbons (Fsp3) is 0.263. The monoisotopic (exact) mass is 472 g/mol. The van der Waals surface area contributed by atoms with Gasteiger partial charge in [-0.25, -0.2) is 8.42 Å². The van der Waals surface area contributed by atoms with Crippen LogP contribution in [0.25, 0.3) is 10.2 Å². The molecule has 6 nitrogen and oxygen atoms in total. The summed E-state index contributed by atoms with van der Waals surface area (Å²) in [5.41, 5.74) is 0.671. The predicted octanol–water partition coefficient (Wildman–Crippen LogP) is 3.95. The molecule has 1 heterocycles. The Kier molecular flexibility index (Phi) is 7.13. The van der Waals surface area contributed by atoms with Crippen LogP contribution in [-0.2, 0) is 25.9 Å². The molecule has 0 aliphatic carbocycles. The number of nitrogens with zero attached hydrogens (tertiary/aromatic N) is 2. The van der Waals surface area contributed by atoms with Crippen molar-refractivity contribution in [2.75, 3.05) is 19.5 Å². The number of sulfone groups is 1. The number of aromatic nitrogens is 1. The summed E-state index contributed by atoms with van der Waals surface area (Å²) in [6, 6.07) is 11.4. The van der Waals surface area contributed by atoms with Gasteiger partial charge in [-0.05, 0) is 24.3 Å². The molecule has 29 heavy (non-hydrogen) atoms. The minimum atomic E-state index is -3.56. The number of ether oxygens (including phenoxy) is 1. The molecule has 0 spiro atoms. The number of halogens is 2. The predicted molar refractivity (Wildman–Crippen MR) is 115 cm³/mol. The van der Waals surface area contributed by atoms with Crippen LogP contribution in [0.5, 0.6) is 0 Å². The van der Waals surface area contributed by atoms with Crippen molar-refractivity contribution in [3.8, 4) is 0 Å². The summed E-state index contributed by atoms with van der Waals surface area (Å²) in [6.45, 7) is 0.809. The lowest BCUT2D eigenvalue weighted by Crippen LogP contribution is -2.20. The van der Waals surface area contributed by atoms with Crippen molar-refractivity contribution in [3.05, 3.63) is 57.3 Å². The van der Waals surface area contributed by atoms with Gasteiger partial charge in [-0.3, -0.25) is 4.79 Å². The summed E-state index contributed by atoms with van der Waals surface area (Å²) in [7, 11) is -1.99. The Morgan fingerprint density at radius 2 is 1.83 bits per heavy atom. The van der Waals surface area contributed by atoms with E-state index in [0.717, 1.165) is 0 Å². The van der Waals surface area contributed by atoms with Crippen molar-refractivity contribution >= 4 is 60.5 Å². The van der Waals surface area contributed by atoms with Crippen molar-refractivity contribution in [2.45, 2.75) is 17.9 Å². The molecule has 3 rings (SSSR count). The maximum Gasteiger partial charge on any atom is 0.249 e. The zero-order chi connectivity index (χ0) is 21.0. The number of benzene rings is 2. The molecule has 0 saturated heterocycles. The number of methoxy groups -OCH3 is 1. The fourth-order valence-electron chi connectivity index (χ4n) is 2.72. The summed E-state index contributed by atoms with van der Waals surface area (Å²) >= 11 is 13.8. The molecule has 0 unspecified atom stereocenters. The van der Waals surface area contributed by atoms with Crippen LogP contribution in [0.2, 0.25) is 10.0 Å². The van der Waals surface area contributed by atoms with Gasteiger partial charge in [-0.1, -0.05) is 52.7 Å². The molecular weight excluding hydrogens is 455 g/mol. The molecule has 0 fully saturated rings. The highest BCUT2D eigenvalue weighted by Gasteiger charge is 2.17. The first-order chi connectivity index (χ1) is 13.8. The number of carbonyl (C=O) groups excluding carboxylic acids is 1. The van der Waals surface area contributed by atoms with Gasteiger partial charge in [0.25, 0.3) is 0 Å². The highest BCUT2D eigenvalue weighted by molar-refractivity contribution is 7.91. The van der Waals surface area contributed by atoms with Gasteiger partial charge >= 0.3 is 0 Å². The molecule has 10 heteroatoms. The lowest BCUT2D eigenvalue weighted by Gasteiger charge is -2.06. The van der Waals surface area contributed by atoms with Gasteiger partial charge in [0.2, 0.25) is 5.91 Å². The minimum Gasteiger partial charge on any atom is -0.383 e. The Morgan fingerprint density at radius 3 is 2.52 bits per heavy atom. The van der Waals surface area contributed by atoms with Crippen LogP contribution in [0.4, 0.5) is 0 Å². The fourth-order valence-corrected chi connectivity index (χ4v) is 5.66. The largest absolute Gasteiger partial charge is 0.383 e. The van der Waals surface area contributed by atoms with Crippen LogP contribution < -0.4 is 4.80 Å².